The van der Waals surface area contributed by atoms with E-state index in [1.54, 1.807) is 30.1 Å². The molecule has 1 heterocycles. The molecule has 0 spiro atoms. The molecule has 1 aliphatic rings. The number of hydrogen-bond donors (Lipinski definition) is 2. The lowest BCUT2D eigenvalue weighted by Gasteiger charge is -2.19. The number of methoxy groups -OCH3 is 1. The molecule has 0 saturated heterocycles. The third-order valence-electron chi connectivity index (χ3n) is 6.66. The zero-order valence-corrected chi connectivity index (χ0v) is 23.1. The summed E-state index contributed by atoms with van der Waals surface area (Å²) in [5.41, 5.74) is 4.60. The average Bonchev–Trinajstić information content (AvgIpc) is 3.25. The maximum Gasteiger partial charge on any atom is 0.309 e. The molecule has 9 heteroatoms. The minimum atomic E-state index is -0.453. The van der Waals surface area contributed by atoms with Crippen LogP contribution in [-0.4, -0.2) is 57.5 Å². The van der Waals surface area contributed by atoms with Crippen molar-refractivity contribution in [3.05, 3.63) is 89.2 Å². The molecule has 0 bridgehead atoms. The van der Waals surface area contributed by atoms with E-state index in [2.05, 4.69) is 10.6 Å². The van der Waals surface area contributed by atoms with Crippen molar-refractivity contribution in [2.45, 2.75) is 19.3 Å². The van der Waals surface area contributed by atoms with Crippen LogP contribution in [0.2, 0.25) is 0 Å². The third-order valence-corrected chi connectivity index (χ3v) is 6.66. The Morgan fingerprint density at radius 3 is 2.45 bits per heavy atom. The van der Waals surface area contributed by atoms with Crippen molar-refractivity contribution in [1.29, 1.82) is 0 Å². The molecular weight excluding hydrogens is 511 g/mol. The smallest absolute Gasteiger partial charge is 0.309 e. The number of anilines is 3. The monoisotopic (exact) mass is 544 g/mol. The van der Waals surface area contributed by atoms with Crippen LogP contribution in [0.1, 0.15) is 29.5 Å². The SMILES string of the molecule is COC(=O)Cc1cccc(C(Nc2ccc(N(C)C(=O)CCCN(C)C)cc2)=C2C(=O)Nc3cc(F)ccc32)c1. The molecule has 0 aromatic heterocycles. The van der Waals surface area contributed by atoms with Crippen LogP contribution in [0.15, 0.2) is 66.7 Å². The van der Waals surface area contributed by atoms with E-state index in [-0.39, 0.29) is 24.2 Å². The van der Waals surface area contributed by atoms with Crippen molar-refractivity contribution in [2.75, 3.05) is 50.3 Å². The van der Waals surface area contributed by atoms with E-state index in [1.807, 2.05) is 55.4 Å². The number of ether oxygens (including phenoxy) is 1. The molecular formula is C31H33FN4O4. The number of esters is 1. The summed E-state index contributed by atoms with van der Waals surface area (Å²) in [6, 6.07) is 18.7. The molecule has 0 radical (unpaired) electrons. The van der Waals surface area contributed by atoms with Gasteiger partial charge in [0.2, 0.25) is 5.91 Å². The molecule has 4 rings (SSSR count). The lowest BCUT2D eigenvalue weighted by atomic mass is 9.98. The van der Waals surface area contributed by atoms with Gasteiger partial charge < -0.3 is 25.2 Å². The quantitative estimate of drug-likeness (QED) is 0.282. The Balaban J connectivity index is 1.67. The Morgan fingerprint density at radius 1 is 1.00 bits per heavy atom. The molecule has 0 atom stereocenters. The average molecular weight is 545 g/mol. The van der Waals surface area contributed by atoms with Crippen molar-refractivity contribution in [2.24, 2.45) is 0 Å². The van der Waals surface area contributed by atoms with E-state index < -0.39 is 5.82 Å². The van der Waals surface area contributed by atoms with Gasteiger partial charge in [-0.2, -0.15) is 0 Å². The number of nitrogens with one attached hydrogen (secondary N) is 2. The van der Waals surface area contributed by atoms with E-state index in [0.717, 1.165) is 18.7 Å². The molecule has 3 aromatic rings. The molecule has 2 N–H and O–H groups in total. The second-order valence-electron chi connectivity index (χ2n) is 9.88. The van der Waals surface area contributed by atoms with Crippen LogP contribution in [-0.2, 0) is 25.5 Å². The van der Waals surface area contributed by atoms with Gasteiger partial charge in [0.25, 0.3) is 5.91 Å². The minimum absolute atomic E-state index is 0.0271. The number of halogens is 1. The van der Waals surface area contributed by atoms with Gasteiger partial charge >= 0.3 is 5.97 Å². The fourth-order valence-electron chi connectivity index (χ4n) is 4.52. The summed E-state index contributed by atoms with van der Waals surface area (Å²) >= 11 is 0. The highest BCUT2D eigenvalue weighted by Gasteiger charge is 2.29. The predicted molar refractivity (Wildman–Crippen MR) is 155 cm³/mol. The molecule has 40 heavy (non-hydrogen) atoms. The normalized spacial score (nSPS) is 13.5. The fraction of sp³-hybridized carbons (Fsp3) is 0.258. The Hall–Kier alpha value is -4.50. The highest BCUT2D eigenvalue weighted by molar-refractivity contribution is 6.37. The van der Waals surface area contributed by atoms with Gasteiger partial charge in [0.05, 0.1) is 30.5 Å². The predicted octanol–water partition coefficient (Wildman–Crippen LogP) is 4.78. The van der Waals surface area contributed by atoms with Gasteiger partial charge in [-0.1, -0.05) is 18.2 Å². The highest BCUT2D eigenvalue weighted by atomic mass is 19.1. The summed E-state index contributed by atoms with van der Waals surface area (Å²) in [6.07, 6.45) is 1.29. The Kier molecular flexibility index (Phi) is 8.96. The van der Waals surface area contributed by atoms with Gasteiger partial charge in [-0.15, -0.1) is 0 Å². The molecule has 0 unspecified atom stereocenters. The fourth-order valence-corrected chi connectivity index (χ4v) is 4.52. The molecule has 0 fully saturated rings. The summed E-state index contributed by atoms with van der Waals surface area (Å²) in [5.74, 6) is -1.18. The second-order valence-corrected chi connectivity index (χ2v) is 9.88. The van der Waals surface area contributed by atoms with Gasteiger partial charge in [0, 0.05) is 30.4 Å². The van der Waals surface area contributed by atoms with Crippen LogP contribution in [0, 0.1) is 5.82 Å². The minimum Gasteiger partial charge on any atom is -0.469 e. The summed E-state index contributed by atoms with van der Waals surface area (Å²) in [6.45, 7) is 0.837. The van der Waals surface area contributed by atoms with Crippen molar-refractivity contribution < 1.29 is 23.5 Å². The molecule has 2 amide bonds. The zero-order chi connectivity index (χ0) is 28.8. The molecule has 3 aromatic carbocycles. The van der Waals surface area contributed by atoms with Gasteiger partial charge in [-0.3, -0.25) is 14.4 Å². The van der Waals surface area contributed by atoms with E-state index >= 15 is 0 Å². The standard InChI is InChI=1S/C31H33FN4O4/c1-35(2)16-6-9-27(37)36(3)24-13-11-23(12-14-24)33-30(21-8-5-7-20(17-21)18-28(38)40-4)29-25-15-10-22(32)19-26(25)34-31(29)39/h5,7-8,10-15,17,19,33H,6,9,16,18H2,1-4H3,(H,34,39). The van der Waals surface area contributed by atoms with Gasteiger partial charge in [-0.25, -0.2) is 4.39 Å². The zero-order valence-electron chi connectivity index (χ0n) is 23.1. The summed E-state index contributed by atoms with van der Waals surface area (Å²) < 4.78 is 18.7. The first kappa shape index (κ1) is 28.5. The van der Waals surface area contributed by atoms with Crippen LogP contribution in [0.25, 0.3) is 11.3 Å². The number of carbonyl (C=O) groups excluding carboxylic acids is 3. The largest absolute Gasteiger partial charge is 0.469 e. The lowest BCUT2D eigenvalue weighted by Crippen LogP contribution is -2.27. The highest BCUT2D eigenvalue weighted by Crippen LogP contribution is 2.38. The Morgan fingerprint density at radius 2 is 1.75 bits per heavy atom. The number of hydrogen-bond acceptors (Lipinski definition) is 6. The number of rotatable bonds is 10. The molecule has 208 valence electrons. The lowest BCUT2D eigenvalue weighted by molar-refractivity contribution is -0.139. The number of carbonyl (C=O) groups is 3. The maximum absolute atomic E-state index is 13.9. The van der Waals surface area contributed by atoms with Gasteiger partial charge in [0.1, 0.15) is 5.82 Å². The van der Waals surface area contributed by atoms with Crippen LogP contribution in [0.4, 0.5) is 21.5 Å². The molecule has 0 saturated carbocycles. The molecule has 1 aliphatic heterocycles. The third kappa shape index (κ3) is 6.73. The first-order valence-corrected chi connectivity index (χ1v) is 13.0. The maximum atomic E-state index is 13.9. The van der Waals surface area contributed by atoms with Gasteiger partial charge in [0.15, 0.2) is 0 Å². The first-order chi connectivity index (χ1) is 19.2. The van der Waals surface area contributed by atoms with Crippen molar-refractivity contribution in [3.63, 3.8) is 0 Å². The number of fused-ring (bicyclic) bond motifs is 1. The molecule has 8 nitrogen and oxygen atoms in total. The van der Waals surface area contributed by atoms with Crippen LogP contribution >= 0.6 is 0 Å². The number of nitrogens with zero attached hydrogens (tertiary/aromatic N) is 2. The van der Waals surface area contributed by atoms with E-state index in [4.69, 9.17) is 4.74 Å². The van der Waals surface area contributed by atoms with Crippen LogP contribution in [0.5, 0.6) is 0 Å². The molecule has 0 aliphatic carbocycles. The van der Waals surface area contributed by atoms with E-state index in [0.29, 0.717) is 45.8 Å². The van der Waals surface area contributed by atoms with Gasteiger partial charge in [-0.05, 0) is 86.7 Å². The number of benzene rings is 3. The van der Waals surface area contributed by atoms with Crippen molar-refractivity contribution in [3.8, 4) is 0 Å². The van der Waals surface area contributed by atoms with Crippen LogP contribution in [0.3, 0.4) is 0 Å². The summed E-state index contributed by atoms with van der Waals surface area (Å²) in [5, 5.41) is 6.10. The van der Waals surface area contributed by atoms with Crippen molar-refractivity contribution >= 4 is 46.1 Å². The van der Waals surface area contributed by atoms with E-state index in [9.17, 15) is 18.8 Å². The first-order valence-electron chi connectivity index (χ1n) is 13.0. The summed E-state index contributed by atoms with van der Waals surface area (Å²) in [4.78, 5) is 41.4. The summed E-state index contributed by atoms with van der Waals surface area (Å²) in [7, 11) is 7.04. The van der Waals surface area contributed by atoms with Crippen LogP contribution < -0.4 is 15.5 Å². The second kappa shape index (κ2) is 12.6. The Labute approximate surface area is 233 Å². The van der Waals surface area contributed by atoms with Crippen molar-refractivity contribution in [1.82, 2.24) is 4.90 Å². The van der Waals surface area contributed by atoms with E-state index in [1.165, 1.54) is 19.2 Å². The number of amides is 2. The topological polar surface area (TPSA) is 91.0 Å². The Bertz CT molecular complexity index is 1450.